The maximum absolute atomic E-state index is 14.1. The molecule has 1 aliphatic heterocycles. The zero-order chi connectivity index (χ0) is 98.1. The van der Waals surface area contributed by atoms with Gasteiger partial charge in [-0.1, -0.05) is 113 Å². The van der Waals surface area contributed by atoms with Gasteiger partial charge in [0, 0.05) is 119 Å². The molecule has 0 atom stereocenters. The predicted octanol–water partition coefficient (Wildman–Crippen LogP) is 26.9. The third-order valence-corrected chi connectivity index (χ3v) is 23.8. The Kier molecular flexibility index (Phi) is 33.8. The molecule has 1 fully saturated rings. The Hall–Kier alpha value is -9.57. The Morgan fingerprint density at radius 1 is 0.293 bits per heavy atom. The molecule has 8 N–H and O–H groups in total. The van der Waals surface area contributed by atoms with Crippen molar-refractivity contribution in [3.8, 4) is 0 Å². The number of hydrogen-bond donors (Lipinski definition) is 8. The van der Waals surface area contributed by atoms with Crippen LogP contribution in [0.15, 0.2) is 177 Å². The summed E-state index contributed by atoms with van der Waals surface area (Å²) < 4.78 is 59.8. The van der Waals surface area contributed by atoms with Gasteiger partial charge in [0.1, 0.15) is 23.1 Å². The van der Waals surface area contributed by atoms with E-state index in [9.17, 15) is 58.4 Å². The van der Waals surface area contributed by atoms with E-state index in [0.717, 1.165) is 105 Å². The summed E-state index contributed by atoms with van der Waals surface area (Å²) in [6.45, 7) is 39.6. The Balaban J connectivity index is 0.000000171. The molecular formula is C105H111Cl7F4N8O9. The minimum absolute atomic E-state index is 0. The van der Waals surface area contributed by atoms with Crippen LogP contribution in [0.2, 0.25) is 35.2 Å². The van der Waals surface area contributed by atoms with Gasteiger partial charge in [0.05, 0.1) is 117 Å². The maximum atomic E-state index is 14.1. The number of rotatable bonds is 8. The van der Waals surface area contributed by atoms with Gasteiger partial charge in [-0.05, 0) is 333 Å². The van der Waals surface area contributed by atoms with Gasteiger partial charge in [0.15, 0.2) is 5.82 Å². The first-order chi connectivity index (χ1) is 61.1. The first kappa shape index (κ1) is 107. The lowest BCUT2D eigenvalue weighted by Gasteiger charge is -2.38. The van der Waals surface area contributed by atoms with Crippen LogP contribution in [0.4, 0.5) is 17.6 Å². The zero-order valence-electron chi connectivity index (χ0n) is 77.4. The summed E-state index contributed by atoms with van der Waals surface area (Å²) in [7, 11) is 0. The van der Waals surface area contributed by atoms with E-state index >= 15 is 0 Å². The second-order valence-electron chi connectivity index (χ2n) is 36.5. The normalized spacial score (nSPS) is 12.8. The number of pyridine rings is 8. The number of aromatic nitrogens is 8. The highest BCUT2D eigenvalue weighted by molar-refractivity contribution is 6.39. The second kappa shape index (κ2) is 42.0. The molecule has 0 bridgehead atoms. The van der Waals surface area contributed by atoms with Gasteiger partial charge in [-0.15, -0.1) is 0 Å². The van der Waals surface area contributed by atoms with Crippen LogP contribution in [0.25, 0.3) is 87.2 Å². The van der Waals surface area contributed by atoms with Crippen LogP contribution in [0.3, 0.4) is 0 Å². The monoisotopic (exact) mass is 1950 g/mol. The van der Waals surface area contributed by atoms with Crippen LogP contribution < -0.4 is 0 Å². The number of fused-ring (bicyclic) bond motifs is 8. The number of nitrogens with zero attached hydrogens (tertiary/aromatic N) is 8. The van der Waals surface area contributed by atoms with Crippen LogP contribution in [-0.4, -0.2) is 93.9 Å². The third kappa shape index (κ3) is 24.8. The molecule has 0 aliphatic carbocycles. The Bertz CT molecular complexity index is 6810. The van der Waals surface area contributed by atoms with E-state index in [-0.39, 0.29) is 28.3 Å². The molecule has 1 saturated heterocycles. The van der Waals surface area contributed by atoms with Crippen LogP contribution in [0.1, 0.15) is 193 Å². The highest BCUT2D eigenvalue weighted by atomic mass is 35.5. The number of para-hydroxylation sites is 1. The van der Waals surface area contributed by atoms with Crippen LogP contribution in [0.5, 0.6) is 0 Å². The molecule has 702 valence electrons. The SMILES string of the molecule is C.Cc1cnc2cc(Cl)cc(Cl)c2c1C(C)(C)O.Cc1cnc2cc(F)cc(Cl)c2c1C(C)(C)O.Cc1cnc2ccc(Cl)c(F)c2c1C(C)(C)O.Cc1cnc2ccc(Cl)cc2c1C(C)(C)O.Cc1cnc2ccc(Cl)cc2c1C1(O)COC1.Cc1cnc2ccc(F)c(Cl)c2c1C(C)(C)O.Cc1cnc2cccc(F)c2c1C(C)(C)O.Cc1cnc2ccccc2c1C(C)(C)O. The minimum Gasteiger partial charge on any atom is -0.386 e. The third-order valence-electron chi connectivity index (χ3n) is 21.8. The Morgan fingerprint density at radius 3 is 1.08 bits per heavy atom. The molecular weight excluding hydrogens is 1840 g/mol. The lowest BCUT2D eigenvalue weighted by Crippen LogP contribution is -2.47. The van der Waals surface area contributed by atoms with Crippen molar-refractivity contribution in [3.05, 3.63) is 324 Å². The van der Waals surface area contributed by atoms with Crippen LogP contribution >= 0.6 is 81.2 Å². The van der Waals surface area contributed by atoms with E-state index in [2.05, 4.69) is 39.9 Å². The fourth-order valence-electron chi connectivity index (χ4n) is 17.0. The number of aliphatic hydroxyl groups is 8. The van der Waals surface area contributed by atoms with Crippen molar-refractivity contribution in [2.45, 2.75) is 205 Å². The molecule has 8 aromatic carbocycles. The van der Waals surface area contributed by atoms with Crippen LogP contribution in [-0.2, 0) is 49.5 Å². The van der Waals surface area contributed by atoms with Crippen molar-refractivity contribution in [2.24, 2.45) is 0 Å². The van der Waals surface area contributed by atoms with Gasteiger partial charge < -0.3 is 45.6 Å². The summed E-state index contributed by atoms with van der Waals surface area (Å²) in [6, 6.07) is 35.6. The summed E-state index contributed by atoms with van der Waals surface area (Å²) in [5, 5.41) is 89.7. The van der Waals surface area contributed by atoms with E-state index in [1.165, 1.54) is 30.3 Å². The molecule has 0 radical (unpaired) electrons. The summed E-state index contributed by atoms with van der Waals surface area (Å²) in [6.07, 6.45) is 13.7. The molecule has 0 saturated carbocycles. The highest BCUT2D eigenvalue weighted by Gasteiger charge is 2.41. The first-order valence-electron chi connectivity index (χ1n) is 42.0. The van der Waals surface area contributed by atoms with Gasteiger partial charge in [-0.2, -0.15) is 0 Å². The molecule has 0 amide bonds. The minimum atomic E-state index is -1.14. The van der Waals surface area contributed by atoms with E-state index in [4.69, 9.17) is 85.9 Å². The standard InChI is InChI=1S/C13H13Cl2NO.3C13H13ClFNO.C13H12ClNO2.C13H14ClNO.C13H14FNO.C13H15NO.CH4/c1-7-6-16-10-5-8(14)4-9(15)11(10)12(7)13(2,3)17;1-7-6-16-10-5-8(15)4-9(14)11(10)12(7)13(2,3)17;1-7-6-16-9-5-4-8(15)12(14)10(9)11(7)13(2,3)17;1-7-6-16-9-5-4-8(14)12(15)10(9)11(7)13(2,3)17;1-8-5-15-11-3-2-9(14)4-10(11)12(8)13(16)6-17-7-13;1-8-7-15-11-5-4-9(14)6-10(11)12(8)13(2,3)16;1-8-7-15-10-6-4-5-9(14)11(10)12(8)13(2,3)16;1-9-8-14-11-7-5-4-6-10(11)12(9)13(2,3)15;/h4*4-6,17H,1-3H3;2-5,16H,6-7H2,1H3;2*4-7,16H,1-3H3;4-8,15H,1-3H3;1H4. The largest absolute Gasteiger partial charge is 0.386 e. The van der Waals surface area contributed by atoms with E-state index in [1.54, 1.807) is 182 Å². The molecule has 0 unspecified atom stereocenters. The quantitative estimate of drug-likeness (QED) is 0.0657. The Morgan fingerprint density at radius 2 is 0.624 bits per heavy atom. The van der Waals surface area contributed by atoms with Gasteiger partial charge in [-0.3, -0.25) is 39.9 Å². The smallest absolute Gasteiger partial charge is 0.151 e. The molecule has 17 rings (SSSR count). The average molecular weight is 1950 g/mol. The lowest BCUT2D eigenvalue weighted by molar-refractivity contribution is -0.184. The second-order valence-corrected chi connectivity index (χ2v) is 39.4. The van der Waals surface area contributed by atoms with Crippen molar-refractivity contribution in [1.82, 2.24) is 39.9 Å². The molecule has 9 heterocycles. The van der Waals surface area contributed by atoms with Crippen molar-refractivity contribution < 1.29 is 63.2 Å². The average Bonchev–Trinajstić information content (AvgIpc) is 0.799. The van der Waals surface area contributed by atoms with Crippen molar-refractivity contribution in [3.63, 3.8) is 0 Å². The van der Waals surface area contributed by atoms with Crippen LogP contribution in [0, 0.1) is 78.7 Å². The van der Waals surface area contributed by atoms with Gasteiger partial charge >= 0.3 is 0 Å². The first-order valence-corrected chi connectivity index (χ1v) is 44.6. The summed E-state index contributed by atoms with van der Waals surface area (Å²) in [5.74, 6) is -1.80. The van der Waals surface area contributed by atoms with Crippen molar-refractivity contribution >= 4 is 168 Å². The van der Waals surface area contributed by atoms with E-state index < -0.39 is 62.3 Å². The summed E-state index contributed by atoms with van der Waals surface area (Å²) >= 11 is 42.0. The van der Waals surface area contributed by atoms with E-state index in [1.807, 2.05) is 117 Å². The van der Waals surface area contributed by atoms with Crippen molar-refractivity contribution in [2.75, 3.05) is 13.2 Å². The molecule has 16 aromatic rings. The predicted molar refractivity (Wildman–Crippen MR) is 535 cm³/mol. The zero-order valence-corrected chi connectivity index (χ0v) is 82.7. The topological polar surface area (TPSA) is 274 Å². The number of hydrogen-bond acceptors (Lipinski definition) is 17. The highest BCUT2D eigenvalue weighted by Crippen LogP contribution is 2.44. The fraction of sp³-hybridized carbons (Fsp3) is 0.314. The number of aryl methyl sites for hydroxylation is 8. The molecule has 1 aliphatic rings. The number of benzene rings is 8. The van der Waals surface area contributed by atoms with Gasteiger partial charge in [0.25, 0.3) is 0 Å². The number of ether oxygens (including phenoxy) is 1. The Labute approximate surface area is 807 Å². The molecule has 28 heteroatoms. The van der Waals surface area contributed by atoms with Crippen molar-refractivity contribution in [1.29, 1.82) is 0 Å². The molecule has 8 aromatic heterocycles. The lowest BCUT2D eigenvalue weighted by atomic mass is 9.86. The molecule has 17 nitrogen and oxygen atoms in total. The maximum Gasteiger partial charge on any atom is 0.151 e. The van der Waals surface area contributed by atoms with Gasteiger partial charge in [-0.25, -0.2) is 17.6 Å². The molecule has 133 heavy (non-hydrogen) atoms. The summed E-state index contributed by atoms with van der Waals surface area (Å²) in [5.41, 5.74) is 10.5. The fourth-order valence-corrected chi connectivity index (χ4v) is 18.6. The van der Waals surface area contributed by atoms with E-state index in [0.29, 0.717) is 105 Å². The van der Waals surface area contributed by atoms with Gasteiger partial charge in [0.2, 0.25) is 0 Å². The molecule has 0 spiro atoms. The number of halogens is 11. The summed E-state index contributed by atoms with van der Waals surface area (Å²) in [4.78, 5) is 34.0.